The third-order valence-electron chi connectivity index (χ3n) is 4.52. The number of nitrogens with one attached hydrogen (secondary N) is 1. The predicted octanol–water partition coefficient (Wildman–Crippen LogP) is 3.43. The lowest BCUT2D eigenvalue weighted by molar-refractivity contribution is 0.0945. The third kappa shape index (κ3) is 5.09. The first-order chi connectivity index (χ1) is 15.6. The summed E-state index contributed by atoms with van der Waals surface area (Å²) in [6.45, 7) is 0.299. The molecule has 0 saturated heterocycles. The van der Waals surface area contributed by atoms with Crippen LogP contribution in [-0.4, -0.2) is 38.0 Å². The van der Waals surface area contributed by atoms with E-state index in [0.717, 1.165) is 5.56 Å². The number of hydrogen-bond donors (Lipinski definition) is 1. The molecule has 2 aromatic heterocycles. The van der Waals surface area contributed by atoms with Crippen LogP contribution in [0.2, 0.25) is 0 Å². The largest absolute Gasteiger partial charge is 0.497 e. The highest BCUT2D eigenvalue weighted by molar-refractivity contribution is 7.98. The molecule has 1 amide bonds. The first kappa shape index (κ1) is 21.4. The molecule has 0 unspecified atom stereocenters. The van der Waals surface area contributed by atoms with Crippen molar-refractivity contribution >= 4 is 17.7 Å². The molecule has 0 aliphatic rings. The van der Waals surface area contributed by atoms with Gasteiger partial charge >= 0.3 is 0 Å². The Balaban J connectivity index is 1.58. The standard InChI is InChI=1S/C22H19FN6O2S/c1-31-18-5-2-4-15(12-18)13-26-21(30)20-19(14-32-22-24-10-3-11-25-22)29(28-27-20)17-8-6-16(23)7-9-17/h2-12H,13-14H2,1H3,(H,26,30). The number of ether oxygens (including phenoxy) is 1. The monoisotopic (exact) mass is 450 g/mol. The second kappa shape index (κ2) is 10.0. The molecule has 2 aromatic carbocycles. The minimum Gasteiger partial charge on any atom is -0.497 e. The topological polar surface area (TPSA) is 94.8 Å². The SMILES string of the molecule is COc1cccc(CNC(=O)c2nnn(-c3ccc(F)cc3)c2CSc2ncccn2)c1. The van der Waals surface area contributed by atoms with Gasteiger partial charge in [0.1, 0.15) is 11.6 Å². The molecule has 4 aromatic rings. The summed E-state index contributed by atoms with van der Waals surface area (Å²) in [5.41, 5.74) is 2.21. The van der Waals surface area contributed by atoms with E-state index in [1.54, 1.807) is 37.7 Å². The van der Waals surface area contributed by atoms with Crippen LogP contribution in [0.15, 0.2) is 72.1 Å². The Bertz CT molecular complexity index is 1200. The molecule has 8 nitrogen and oxygen atoms in total. The van der Waals surface area contributed by atoms with Crippen molar-refractivity contribution in [3.63, 3.8) is 0 Å². The van der Waals surface area contributed by atoms with Crippen LogP contribution in [0.3, 0.4) is 0 Å². The number of aromatic nitrogens is 5. The second-order valence-corrected chi connectivity index (χ2v) is 7.57. The summed E-state index contributed by atoms with van der Waals surface area (Å²) in [6, 6.07) is 15.0. The van der Waals surface area contributed by atoms with Gasteiger partial charge in [0.2, 0.25) is 0 Å². The molecule has 0 radical (unpaired) electrons. The quantitative estimate of drug-likeness (QED) is 0.325. The van der Waals surface area contributed by atoms with Gasteiger partial charge in [-0.3, -0.25) is 4.79 Å². The molecule has 0 bridgehead atoms. The molecular formula is C22H19FN6O2S. The zero-order chi connectivity index (χ0) is 22.3. The van der Waals surface area contributed by atoms with Gasteiger partial charge in [-0.25, -0.2) is 19.0 Å². The molecule has 2 heterocycles. The Kier molecular flexibility index (Phi) is 6.71. The maximum absolute atomic E-state index is 13.4. The molecule has 10 heteroatoms. The van der Waals surface area contributed by atoms with Crippen molar-refractivity contribution in [2.45, 2.75) is 17.5 Å². The van der Waals surface area contributed by atoms with Gasteiger partial charge in [0.05, 0.1) is 18.5 Å². The highest BCUT2D eigenvalue weighted by atomic mass is 32.2. The van der Waals surface area contributed by atoms with Crippen LogP contribution in [-0.2, 0) is 12.3 Å². The van der Waals surface area contributed by atoms with Crippen molar-refractivity contribution in [2.75, 3.05) is 7.11 Å². The van der Waals surface area contributed by atoms with Crippen molar-refractivity contribution in [3.8, 4) is 11.4 Å². The van der Waals surface area contributed by atoms with Gasteiger partial charge in [-0.05, 0) is 48.0 Å². The normalized spacial score (nSPS) is 10.7. The van der Waals surface area contributed by atoms with Crippen molar-refractivity contribution in [2.24, 2.45) is 0 Å². The number of carbonyl (C=O) groups excluding carboxylic acids is 1. The first-order valence-corrected chi connectivity index (χ1v) is 10.6. The number of amides is 1. The fraction of sp³-hybridized carbons (Fsp3) is 0.136. The van der Waals surface area contributed by atoms with Crippen LogP contribution in [0.25, 0.3) is 5.69 Å². The van der Waals surface area contributed by atoms with Crippen molar-refractivity contribution in [1.29, 1.82) is 0 Å². The lowest BCUT2D eigenvalue weighted by atomic mass is 10.2. The zero-order valence-electron chi connectivity index (χ0n) is 17.1. The number of hydrogen-bond acceptors (Lipinski definition) is 7. The number of carbonyl (C=O) groups is 1. The van der Waals surface area contributed by atoms with Crippen LogP contribution >= 0.6 is 11.8 Å². The smallest absolute Gasteiger partial charge is 0.274 e. The van der Waals surface area contributed by atoms with Crippen LogP contribution in [0.5, 0.6) is 5.75 Å². The van der Waals surface area contributed by atoms with E-state index in [1.165, 1.54) is 28.6 Å². The second-order valence-electron chi connectivity index (χ2n) is 6.63. The van der Waals surface area contributed by atoms with E-state index in [1.807, 2.05) is 24.3 Å². The van der Waals surface area contributed by atoms with Crippen molar-refractivity contribution < 1.29 is 13.9 Å². The molecule has 0 spiro atoms. The fourth-order valence-corrected chi connectivity index (χ4v) is 3.73. The van der Waals surface area contributed by atoms with Crippen molar-refractivity contribution in [1.82, 2.24) is 30.3 Å². The van der Waals surface area contributed by atoms with Crippen molar-refractivity contribution in [3.05, 3.63) is 89.8 Å². The molecule has 162 valence electrons. The van der Waals surface area contributed by atoms with E-state index in [9.17, 15) is 9.18 Å². The lowest BCUT2D eigenvalue weighted by Crippen LogP contribution is -2.24. The molecule has 0 saturated carbocycles. The Morgan fingerprint density at radius 3 is 2.66 bits per heavy atom. The Hall–Kier alpha value is -3.79. The number of nitrogens with zero attached hydrogens (tertiary/aromatic N) is 5. The van der Waals surface area contributed by atoms with Gasteiger partial charge in [-0.15, -0.1) is 5.10 Å². The Labute approximate surface area is 187 Å². The van der Waals surface area contributed by atoms with Gasteiger partial charge in [0, 0.05) is 24.7 Å². The number of halogens is 1. The van der Waals surface area contributed by atoms with Crippen LogP contribution in [0.4, 0.5) is 4.39 Å². The highest BCUT2D eigenvalue weighted by Gasteiger charge is 2.21. The number of thioether (sulfide) groups is 1. The number of rotatable bonds is 8. The summed E-state index contributed by atoms with van der Waals surface area (Å²) >= 11 is 1.35. The molecule has 32 heavy (non-hydrogen) atoms. The molecule has 0 aliphatic heterocycles. The first-order valence-electron chi connectivity index (χ1n) is 9.65. The van der Waals surface area contributed by atoms with E-state index in [0.29, 0.717) is 34.6 Å². The number of benzene rings is 2. The lowest BCUT2D eigenvalue weighted by Gasteiger charge is -2.09. The van der Waals surface area contributed by atoms with E-state index in [-0.39, 0.29) is 17.4 Å². The fourth-order valence-electron chi connectivity index (χ4n) is 2.94. The maximum Gasteiger partial charge on any atom is 0.274 e. The van der Waals surface area contributed by atoms with E-state index in [4.69, 9.17) is 4.74 Å². The maximum atomic E-state index is 13.4. The van der Waals surface area contributed by atoms with E-state index < -0.39 is 0 Å². The molecule has 0 atom stereocenters. The van der Waals surface area contributed by atoms with Crippen LogP contribution in [0.1, 0.15) is 21.7 Å². The summed E-state index contributed by atoms with van der Waals surface area (Å²) in [6.07, 6.45) is 3.29. The highest BCUT2D eigenvalue weighted by Crippen LogP contribution is 2.23. The summed E-state index contributed by atoms with van der Waals surface area (Å²) in [7, 11) is 1.59. The molecule has 0 fully saturated rings. The zero-order valence-corrected chi connectivity index (χ0v) is 17.9. The van der Waals surface area contributed by atoms with Crippen LogP contribution < -0.4 is 10.1 Å². The molecule has 0 aliphatic carbocycles. The summed E-state index contributed by atoms with van der Waals surface area (Å²) in [4.78, 5) is 21.3. The van der Waals surface area contributed by atoms with Gasteiger partial charge < -0.3 is 10.1 Å². The van der Waals surface area contributed by atoms with Gasteiger partial charge in [0.25, 0.3) is 5.91 Å². The summed E-state index contributed by atoms with van der Waals surface area (Å²) in [5.74, 6) is 0.319. The summed E-state index contributed by atoms with van der Waals surface area (Å²) < 4.78 is 20.1. The van der Waals surface area contributed by atoms with E-state index >= 15 is 0 Å². The van der Waals surface area contributed by atoms with Gasteiger partial charge in [-0.2, -0.15) is 0 Å². The molecule has 4 rings (SSSR count). The minimum absolute atomic E-state index is 0.181. The molecular weight excluding hydrogens is 431 g/mol. The molecule has 1 N–H and O–H groups in total. The minimum atomic E-state index is -0.370. The van der Waals surface area contributed by atoms with E-state index in [2.05, 4.69) is 25.6 Å². The third-order valence-corrected chi connectivity index (χ3v) is 5.40. The van der Waals surface area contributed by atoms with Gasteiger partial charge in [-0.1, -0.05) is 29.1 Å². The summed E-state index contributed by atoms with van der Waals surface area (Å²) in [5, 5.41) is 11.7. The average molecular weight is 450 g/mol. The Morgan fingerprint density at radius 2 is 1.91 bits per heavy atom. The van der Waals surface area contributed by atoms with Gasteiger partial charge in [0.15, 0.2) is 10.9 Å². The predicted molar refractivity (Wildman–Crippen MR) is 117 cm³/mol. The van der Waals surface area contributed by atoms with Crippen LogP contribution in [0, 0.1) is 5.82 Å². The number of methoxy groups -OCH3 is 1. The average Bonchev–Trinajstić information content (AvgIpc) is 3.26. The Morgan fingerprint density at radius 1 is 1.12 bits per heavy atom.